The first-order valence-corrected chi connectivity index (χ1v) is 9.23. The number of rotatable bonds is 5. The molecule has 0 bridgehead atoms. The zero-order valence-electron chi connectivity index (χ0n) is 15.5. The molecule has 0 amide bonds. The third-order valence-electron chi connectivity index (χ3n) is 4.40. The number of hydrogen-bond donors (Lipinski definition) is 1. The molecule has 0 aliphatic rings. The minimum absolute atomic E-state index is 0.0516. The highest BCUT2D eigenvalue weighted by molar-refractivity contribution is 6.32. The van der Waals surface area contributed by atoms with E-state index in [-0.39, 0.29) is 5.69 Å². The third kappa shape index (κ3) is 3.65. The van der Waals surface area contributed by atoms with E-state index in [2.05, 4.69) is 30.5 Å². The van der Waals surface area contributed by atoms with E-state index < -0.39 is 4.92 Å². The Morgan fingerprint density at radius 1 is 1.06 bits per heavy atom. The summed E-state index contributed by atoms with van der Waals surface area (Å²) in [6, 6.07) is 11.1. The molecule has 11 nitrogen and oxygen atoms in total. The first-order valence-electron chi connectivity index (χ1n) is 8.86. The maximum absolute atomic E-state index is 11.1. The Morgan fingerprint density at radius 2 is 1.97 bits per heavy atom. The number of nitro groups is 1. The van der Waals surface area contributed by atoms with Crippen molar-refractivity contribution in [2.45, 2.75) is 0 Å². The van der Waals surface area contributed by atoms with E-state index in [9.17, 15) is 10.1 Å². The van der Waals surface area contributed by atoms with Crippen molar-refractivity contribution in [1.29, 1.82) is 0 Å². The van der Waals surface area contributed by atoms with Gasteiger partial charge in [0.15, 0.2) is 5.65 Å². The molecule has 0 saturated carbocycles. The van der Waals surface area contributed by atoms with Crippen LogP contribution in [0, 0.1) is 10.1 Å². The van der Waals surface area contributed by atoms with Crippen molar-refractivity contribution < 1.29 is 9.66 Å². The molecule has 0 aliphatic carbocycles. The van der Waals surface area contributed by atoms with Gasteiger partial charge in [0.2, 0.25) is 5.88 Å². The quantitative estimate of drug-likeness (QED) is 0.319. The Kier molecular flexibility index (Phi) is 4.49. The van der Waals surface area contributed by atoms with Crippen LogP contribution in [0.3, 0.4) is 0 Å². The van der Waals surface area contributed by atoms with Gasteiger partial charge in [-0.05, 0) is 24.3 Å². The molecule has 12 heteroatoms. The lowest BCUT2D eigenvalue weighted by Gasteiger charge is -2.11. The van der Waals surface area contributed by atoms with Crippen molar-refractivity contribution in [2.24, 2.45) is 0 Å². The summed E-state index contributed by atoms with van der Waals surface area (Å²) in [5, 5.41) is 22.8. The topological polar surface area (TPSA) is 133 Å². The van der Waals surface area contributed by atoms with Crippen molar-refractivity contribution in [3.05, 3.63) is 76.6 Å². The van der Waals surface area contributed by atoms with Crippen LogP contribution in [0.5, 0.6) is 11.6 Å². The van der Waals surface area contributed by atoms with Gasteiger partial charge in [0.25, 0.3) is 5.69 Å². The van der Waals surface area contributed by atoms with Gasteiger partial charge < -0.3 is 10.1 Å². The fraction of sp³-hybridized carbons (Fsp3) is 0. The number of halogens is 1. The Balaban J connectivity index is 1.42. The first-order chi connectivity index (χ1) is 15.1. The molecule has 0 unspecified atom stereocenters. The second-order valence-corrected chi connectivity index (χ2v) is 6.78. The summed E-state index contributed by atoms with van der Waals surface area (Å²) in [7, 11) is 0. The normalized spacial score (nSPS) is 11.0. The van der Waals surface area contributed by atoms with Crippen LogP contribution in [0.25, 0.3) is 16.6 Å². The van der Waals surface area contributed by atoms with Crippen molar-refractivity contribution >= 4 is 45.3 Å². The van der Waals surface area contributed by atoms with Gasteiger partial charge in [0.1, 0.15) is 30.5 Å². The number of aromatic nitrogens is 6. The summed E-state index contributed by atoms with van der Waals surface area (Å²) in [5.41, 5.74) is 1.72. The molecule has 0 atom stereocenters. The van der Waals surface area contributed by atoms with Crippen LogP contribution in [-0.4, -0.2) is 34.5 Å². The van der Waals surface area contributed by atoms with Crippen LogP contribution >= 0.6 is 11.6 Å². The molecule has 5 aromatic rings. The van der Waals surface area contributed by atoms with Crippen molar-refractivity contribution in [1.82, 2.24) is 29.5 Å². The third-order valence-corrected chi connectivity index (χ3v) is 4.70. The van der Waals surface area contributed by atoms with Crippen LogP contribution in [0.2, 0.25) is 5.02 Å². The van der Waals surface area contributed by atoms with Crippen LogP contribution in [0.15, 0.2) is 61.4 Å². The second kappa shape index (κ2) is 7.46. The molecule has 2 aromatic carbocycles. The SMILES string of the molecule is O=[N+]([O-])c1ccc2ncnc(Nc3ccc(Oc4cc5nncn5cn4)c(Cl)c3)c2c1. The summed E-state index contributed by atoms with van der Waals surface area (Å²) >= 11 is 6.38. The van der Waals surface area contributed by atoms with Crippen LogP contribution in [0.4, 0.5) is 17.2 Å². The van der Waals surface area contributed by atoms with Crippen LogP contribution < -0.4 is 10.1 Å². The van der Waals surface area contributed by atoms with Gasteiger partial charge >= 0.3 is 0 Å². The monoisotopic (exact) mass is 434 g/mol. The van der Waals surface area contributed by atoms with Crippen LogP contribution in [-0.2, 0) is 0 Å². The Hall–Kier alpha value is -4.38. The molecular formula is C19H11ClN8O3. The number of nitro benzene ring substituents is 1. The van der Waals surface area contributed by atoms with Gasteiger partial charge in [0.05, 0.1) is 15.5 Å². The zero-order valence-corrected chi connectivity index (χ0v) is 16.3. The molecular weight excluding hydrogens is 424 g/mol. The fourth-order valence-corrected chi connectivity index (χ4v) is 3.15. The van der Waals surface area contributed by atoms with Gasteiger partial charge in [-0.1, -0.05) is 11.6 Å². The summed E-state index contributed by atoms with van der Waals surface area (Å²) < 4.78 is 7.40. The standard InChI is InChI=1S/C19H11ClN8O3/c20-14-5-11(1-4-16(14)31-18-7-17-26-24-10-27(17)9-23-18)25-19-13-6-12(28(29)30)2-3-15(13)21-8-22-19/h1-10H,(H,21,22,25). The molecule has 5 rings (SSSR count). The fourth-order valence-electron chi connectivity index (χ4n) is 2.93. The van der Waals surface area contributed by atoms with Gasteiger partial charge in [-0.2, -0.15) is 0 Å². The number of anilines is 2. The number of ether oxygens (including phenoxy) is 1. The molecule has 0 aliphatic heterocycles. The number of benzene rings is 2. The summed E-state index contributed by atoms with van der Waals surface area (Å²) in [5.74, 6) is 1.13. The van der Waals surface area contributed by atoms with Gasteiger partial charge in [-0.15, -0.1) is 10.2 Å². The lowest BCUT2D eigenvalue weighted by Crippen LogP contribution is -1.98. The van der Waals surface area contributed by atoms with Crippen molar-refractivity contribution in [2.75, 3.05) is 5.32 Å². The Labute approximate surface area is 178 Å². The minimum atomic E-state index is -0.468. The van der Waals surface area contributed by atoms with E-state index in [1.54, 1.807) is 34.7 Å². The molecule has 3 aromatic heterocycles. The molecule has 3 heterocycles. The second-order valence-electron chi connectivity index (χ2n) is 6.38. The number of nitrogens with zero attached hydrogens (tertiary/aromatic N) is 7. The number of hydrogen-bond acceptors (Lipinski definition) is 9. The van der Waals surface area contributed by atoms with E-state index in [1.165, 1.54) is 31.1 Å². The van der Waals surface area contributed by atoms with E-state index in [0.29, 0.717) is 44.7 Å². The van der Waals surface area contributed by atoms with Crippen molar-refractivity contribution in [3.63, 3.8) is 0 Å². The van der Waals surface area contributed by atoms with E-state index in [4.69, 9.17) is 16.3 Å². The smallest absolute Gasteiger partial charge is 0.270 e. The molecule has 0 saturated heterocycles. The number of nitrogens with one attached hydrogen (secondary N) is 1. The number of non-ortho nitro benzene ring substituents is 1. The molecule has 0 spiro atoms. The van der Waals surface area contributed by atoms with E-state index in [1.807, 2.05) is 0 Å². The van der Waals surface area contributed by atoms with Crippen molar-refractivity contribution in [3.8, 4) is 11.6 Å². The molecule has 31 heavy (non-hydrogen) atoms. The Morgan fingerprint density at radius 3 is 2.81 bits per heavy atom. The van der Waals surface area contributed by atoms with Gasteiger partial charge in [-0.3, -0.25) is 14.5 Å². The molecule has 0 radical (unpaired) electrons. The Bertz CT molecular complexity index is 1460. The highest BCUT2D eigenvalue weighted by atomic mass is 35.5. The van der Waals surface area contributed by atoms with E-state index >= 15 is 0 Å². The zero-order chi connectivity index (χ0) is 21.4. The minimum Gasteiger partial charge on any atom is -0.437 e. The average molecular weight is 435 g/mol. The largest absolute Gasteiger partial charge is 0.437 e. The summed E-state index contributed by atoms with van der Waals surface area (Å²) in [6.45, 7) is 0. The average Bonchev–Trinajstić information content (AvgIpc) is 3.23. The van der Waals surface area contributed by atoms with Crippen LogP contribution in [0.1, 0.15) is 0 Å². The molecule has 1 N–H and O–H groups in total. The van der Waals surface area contributed by atoms with E-state index in [0.717, 1.165) is 0 Å². The highest BCUT2D eigenvalue weighted by Gasteiger charge is 2.12. The predicted octanol–water partition coefficient (Wildman–Crippen LogP) is 4.17. The highest BCUT2D eigenvalue weighted by Crippen LogP contribution is 2.33. The maximum Gasteiger partial charge on any atom is 0.270 e. The summed E-state index contributed by atoms with van der Waals surface area (Å²) in [4.78, 5) is 23.2. The lowest BCUT2D eigenvalue weighted by molar-refractivity contribution is -0.384. The number of fused-ring (bicyclic) bond motifs is 2. The first kappa shape index (κ1) is 18.6. The maximum atomic E-state index is 11.1. The molecule has 152 valence electrons. The lowest BCUT2D eigenvalue weighted by atomic mass is 10.2. The van der Waals surface area contributed by atoms with Gasteiger partial charge in [-0.25, -0.2) is 15.0 Å². The predicted molar refractivity (Wildman–Crippen MR) is 112 cm³/mol. The van der Waals surface area contributed by atoms with Gasteiger partial charge in [0, 0.05) is 29.3 Å². The summed E-state index contributed by atoms with van der Waals surface area (Å²) in [6.07, 6.45) is 4.45. The molecule has 0 fully saturated rings.